The second-order valence-electron chi connectivity index (χ2n) is 8.52. The van der Waals surface area contributed by atoms with Gasteiger partial charge in [-0.2, -0.15) is 0 Å². The number of benzene rings is 1. The molecule has 0 saturated carbocycles. The zero-order valence-electron chi connectivity index (χ0n) is 18.0. The highest BCUT2D eigenvalue weighted by Gasteiger charge is 2.42. The van der Waals surface area contributed by atoms with Gasteiger partial charge in [0.1, 0.15) is 5.82 Å². The van der Waals surface area contributed by atoms with Crippen molar-refractivity contribution < 1.29 is 14.3 Å². The van der Waals surface area contributed by atoms with E-state index < -0.39 is 0 Å². The van der Waals surface area contributed by atoms with Crippen molar-refractivity contribution in [3.05, 3.63) is 59.8 Å². The van der Waals surface area contributed by atoms with E-state index in [2.05, 4.69) is 27.3 Å². The summed E-state index contributed by atoms with van der Waals surface area (Å²) in [5.74, 6) is 0.515. The molecule has 7 heteroatoms. The Morgan fingerprint density at radius 2 is 1.81 bits per heavy atom. The van der Waals surface area contributed by atoms with Gasteiger partial charge in [0.15, 0.2) is 0 Å². The van der Waals surface area contributed by atoms with Crippen LogP contribution in [0.4, 0.5) is 10.6 Å². The molecule has 2 amide bonds. The summed E-state index contributed by atoms with van der Waals surface area (Å²) >= 11 is 0. The van der Waals surface area contributed by atoms with Crippen molar-refractivity contribution >= 4 is 17.8 Å². The fraction of sp³-hybridized carbons (Fsp3) is 0.458. The number of ether oxygens (including phenoxy) is 1. The first-order valence-electron chi connectivity index (χ1n) is 10.9. The number of carbonyl (C=O) groups excluding carboxylic acids is 2. The normalized spacial score (nSPS) is 17.6. The van der Waals surface area contributed by atoms with Gasteiger partial charge in [-0.1, -0.05) is 30.3 Å². The van der Waals surface area contributed by atoms with Crippen LogP contribution in [0.5, 0.6) is 0 Å². The lowest BCUT2D eigenvalue weighted by atomic mass is 9.78. The van der Waals surface area contributed by atoms with E-state index >= 15 is 0 Å². The van der Waals surface area contributed by atoms with Gasteiger partial charge in [0, 0.05) is 38.9 Å². The zero-order valence-corrected chi connectivity index (χ0v) is 18.0. The minimum absolute atomic E-state index is 0.0512. The second kappa shape index (κ2) is 9.37. The van der Waals surface area contributed by atoms with Crippen LogP contribution in [-0.4, -0.2) is 61.7 Å². The van der Waals surface area contributed by atoms with Crippen molar-refractivity contribution in [2.24, 2.45) is 5.41 Å². The maximum Gasteiger partial charge on any atom is 0.339 e. The number of likely N-dealkylation sites (tertiary alicyclic amines) is 1. The standard InChI is InChI=1S/C24H30N4O3/c1-31-22(29)20-7-8-21(26-17-20)27-14-10-24(11-15-27)12-16-28(18-24)23(30)25-13-9-19-5-3-2-4-6-19/h2-8,17H,9-16,18H2,1H3,(H,25,30). The number of aromatic nitrogens is 1. The maximum atomic E-state index is 12.6. The number of piperidine rings is 1. The Kier molecular flexibility index (Phi) is 6.39. The van der Waals surface area contributed by atoms with Gasteiger partial charge < -0.3 is 19.9 Å². The van der Waals surface area contributed by atoms with Crippen molar-refractivity contribution in [3.63, 3.8) is 0 Å². The molecule has 2 fully saturated rings. The number of pyridine rings is 1. The van der Waals surface area contributed by atoms with Crippen molar-refractivity contribution in [2.75, 3.05) is 44.7 Å². The first-order chi connectivity index (χ1) is 15.1. The van der Waals surface area contributed by atoms with Gasteiger partial charge in [0.25, 0.3) is 0 Å². The summed E-state index contributed by atoms with van der Waals surface area (Å²) < 4.78 is 4.73. The van der Waals surface area contributed by atoms with Gasteiger partial charge in [-0.15, -0.1) is 0 Å². The Hall–Kier alpha value is -3.09. The fourth-order valence-electron chi connectivity index (χ4n) is 4.61. The predicted molar refractivity (Wildman–Crippen MR) is 119 cm³/mol. The lowest BCUT2D eigenvalue weighted by Crippen LogP contribution is -2.44. The molecule has 0 unspecified atom stereocenters. The summed E-state index contributed by atoms with van der Waals surface area (Å²) in [5.41, 5.74) is 1.91. The number of carbonyl (C=O) groups is 2. The van der Waals surface area contributed by atoms with Crippen molar-refractivity contribution in [1.82, 2.24) is 15.2 Å². The van der Waals surface area contributed by atoms with Crippen LogP contribution in [0.1, 0.15) is 35.2 Å². The highest BCUT2D eigenvalue weighted by Crippen LogP contribution is 2.41. The number of nitrogens with zero attached hydrogens (tertiary/aromatic N) is 3. The average Bonchev–Trinajstić information content (AvgIpc) is 3.23. The van der Waals surface area contributed by atoms with Gasteiger partial charge in [-0.25, -0.2) is 14.6 Å². The molecule has 0 bridgehead atoms. The van der Waals surface area contributed by atoms with E-state index in [0.717, 1.165) is 57.7 Å². The number of amides is 2. The van der Waals surface area contributed by atoms with Crippen LogP contribution < -0.4 is 10.2 Å². The minimum Gasteiger partial charge on any atom is -0.465 e. The van der Waals surface area contributed by atoms with Gasteiger partial charge in [0.05, 0.1) is 12.7 Å². The smallest absolute Gasteiger partial charge is 0.339 e. The van der Waals surface area contributed by atoms with Gasteiger partial charge in [0.2, 0.25) is 0 Å². The second-order valence-corrected chi connectivity index (χ2v) is 8.52. The summed E-state index contributed by atoms with van der Waals surface area (Å²) in [5, 5.41) is 3.08. The van der Waals surface area contributed by atoms with E-state index in [1.807, 2.05) is 29.2 Å². The first-order valence-corrected chi connectivity index (χ1v) is 10.9. The van der Waals surface area contributed by atoms with Gasteiger partial charge in [-0.3, -0.25) is 0 Å². The van der Waals surface area contributed by atoms with Crippen LogP contribution >= 0.6 is 0 Å². The number of esters is 1. The van der Waals surface area contributed by atoms with E-state index in [1.165, 1.54) is 12.7 Å². The van der Waals surface area contributed by atoms with Crippen LogP contribution in [0.25, 0.3) is 0 Å². The quantitative estimate of drug-likeness (QED) is 0.750. The molecule has 2 aromatic rings. The molecule has 0 aliphatic carbocycles. The fourth-order valence-corrected chi connectivity index (χ4v) is 4.61. The number of nitrogens with one attached hydrogen (secondary N) is 1. The Morgan fingerprint density at radius 3 is 2.48 bits per heavy atom. The van der Waals surface area contributed by atoms with Crippen molar-refractivity contribution in [3.8, 4) is 0 Å². The van der Waals surface area contributed by atoms with Crippen LogP contribution in [0, 0.1) is 5.41 Å². The molecule has 1 aromatic carbocycles. The number of anilines is 1. The summed E-state index contributed by atoms with van der Waals surface area (Å²) in [6.45, 7) is 4.13. The lowest BCUT2D eigenvalue weighted by molar-refractivity contribution is 0.0600. The van der Waals surface area contributed by atoms with E-state index in [0.29, 0.717) is 12.1 Å². The molecule has 31 heavy (non-hydrogen) atoms. The van der Waals surface area contributed by atoms with Gasteiger partial charge in [-0.05, 0) is 48.8 Å². The number of methoxy groups -OCH3 is 1. The van der Waals surface area contributed by atoms with Crippen LogP contribution in [-0.2, 0) is 11.2 Å². The number of hydrogen-bond donors (Lipinski definition) is 1. The van der Waals surface area contributed by atoms with E-state index in [4.69, 9.17) is 4.74 Å². The molecule has 0 atom stereocenters. The topological polar surface area (TPSA) is 74.8 Å². The molecule has 2 aliphatic heterocycles. The SMILES string of the molecule is COC(=O)c1ccc(N2CCC3(CCN(C(=O)NCCc4ccccc4)C3)CC2)nc1. The molecule has 7 nitrogen and oxygen atoms in total. The molecular weight excluding hydrogens is 392 g/mol. The number of rotatable bonds is 5. The molecule has 164 valence electrons. The Morgan fingerprint density at radius 1 is 1.06 bits per heavy atom. The highest BCUT2D eigenvalue weighted by molar-refractivity contribution is 5.89. The van der Waals surface area contributed by atoms with E-state index in [-0.39, 0.29) is 17.4 Å². The molecular formula is C24H30N4O3. The number of hydrogen-bond acceptors (Lipinski definition) is 5. The van der Waals surface area contributed by atoms with Crippen molar-refractivity contribution in [1.29, 1.82) is 0 Å². The Labute approximate surface area is 183 Å². The van der Waals surface area contributed by atoms with Crippen LogP contribution in [0.15, 0.2) is 48.7 Å². The third-order valence-electron chi connectivity index (χ3n) is 6.58. The molecule has 4 rings (SSSR count). The highest BCUT2D eigenvalue weighted by atomic mass is 16.5. The number of urea groups is 1. The summed E-state index contributed by atoms with van der Waals surface area (Å²) in [6, 6.07) is 13.9. The maximum absolute atomic E-state index is 12.6. The zero-order chi connectivity index (χ0) is 21.7. The molecule has 1 aromatic heterocycles. The third kappa shape index (κ3) is 4.98. The monoisotopic (exact) mass is 422 g/mol. The van der Waals surface area contributed by atoms with Gasteiger partial charge >= 0.3 is 12.0 Å². The van der Waals surface area contributed by atoms with Crippen molar-refractivity contribution in [2.45, 2.75) is 25.7 Å². The van der Waals surface area contributed by atoms with E-state index in [1.54, 1.807) is 12.3 Å². The minimum atomic E-state index is -0.371. The molecule has 0 radical (unpaired) electrons. The molecule has 1 spiro atoms. The largest absolute Gasteiger partial charge is 0.465 e. The van der Waals surface area contributed by atoms with Crippen LogP contribution in [0.3, 0.4) is 0 Å². The lowest BCUT2D eigenvalue weighted by Gasteiger charge is -2.39. The summed E-state index contributed by atoms with van der Waals surface area (Å²) in [7, 11) is 1.37. The predicted octanol–water partition coefficient (Wildman–Crippen LogP) is 3.11. The Bertz CT molecular complexity index is 893. The average molecular weight is 423 g/mol. The molecule has 1 N–H and O–H groups in total. The Balaban J connectivity index is 1.24. The first kappa shape index (κ1) is 21.2. The molecule has 3 heterocycles. The molecule has 2 saturated heterocycles. The third-order valence-corrected chi connectivity index (χ3v) is 6.58. The van der Waals surface area contributed by atoms with Crippen LogP contribution in [0.2, 0.25) is 0 Å². The summed E-state index contributed by atoms with van der Waals surface area (Å²) in [6.07, 6.45) is 5.56. The molecule has 2 aliphatic rings. The van der Waals surface area contributed by atoms with E-state index in [9.17, 15) is 9.59 Å². The summed E-state index contributed by atoms with van der Waals surface area (Å²) in [4.78, 5) is 32.9.